The lowest BCUT2D eigenvalue weighted by molar-refractivity contribution is 0.937. The summed E-state index contributed by atoms with van der Waals surface area (Å²) in [6.07, 6.45) is 2.16. The highest BCUT2D eigenvalue weighted by molar-refractivity contribution is 7.10. The molecule has 1 rings (SSSR count). The molecule has 0 aliphatic heterocycles. The Labute approximate surface area is 64.9 Å². The molecule has 0 spiro atoms. The molecule has 0 saturated carbocycles. The molecule has 0 aliphatic carbocycles. The molecule has 0 saturated heterocycles. The van der Waals surface area contributed by atoms with Crippen LogP contribution in [0.3, 0.4) is 0 Å². The van der Waals surface area contributed by atoms with Gasteiger partial charge in [-0.1, -0.05) is 13.3 Å². The van der Waals surface area contributed by atoms with Gasteiger partial charge < -0.3 is 0 Å². The molecule has 1 heterocycles. The van der Waals surface area contributed by atoms with Crippen molar-refractivity contribution >= 4 is 11.3 Å². The molecule has 0 amide bonds. The third kappa shape index (κ3) is 1.37. The summed E-state index contributed by atoms with van der Waals surface area (Å²) in [4.78, 5) is 1.23. The molecule has 0 aromatic carbocycles. The van der Waals surface area contributed by atoms with E-state index in [1.165, 1.54) is 4.88 Å². The second-order valence-corrected chi connectivity index (χ2v) is 3.12. The first kappa shape index (κ1) is 7.30. The highest BCUT2D eigenvalue weighted by Gasteiger charge is 1.99. The topological polar surface area (TPSA) is 23.8 Å². The van der Waals surface area contributed by atoms with Crippen LogP contribution in [0.4, 0.5) is 0 Å². The van der Waals surface area contributed by atoms with Crippen molar-refractivity contribution < 1.29 is 0 Å². The molecule has 1 aromatic rings. The zero-order valence-electron chi connectivity index (χ0n) is 5.92. The second-order valence-electron chi connectivity index (χ2n) is 2.12. The third-order valence-electron chi connectivity index (χ3n) is 1.34. The van der Waals surface area contributed by atoms with Gasteiger partial charge in [0.15, 0.2) is 0 Å². The molecule has 0 atom stereocenters. The largest absolute Gasteiger partial charge is 0.192 e. The third-order valence-corrected chi connectivity index (χ3v) is 2.32. The summed E-state index contributed by atoms with van der Waals surface area (Å²) in [5.41, 5.74) is 0.854. The summed E-state index contributed by atoms with van der Waals surface area (Å²) in [5, 5.41) is 10.6. The van der Waals surface area contributed by atoms with E-state index >= 15 is 0 Å². The second kappa shape index (κ2) is 3.38. The Morgan fingerprint density at radius 3 is 3.10 bits per heavy atom. The number of aryl methyl sites for hydroxylation is 1. The van der Waals surface area contributed by atoms with Crippen LogP contribution >= 0.6 is 11.3 Å². The van der Waals surface area contributed by atoms with Crippen molar-refractivity contribution in [2.24, 2.45) is 0 Å². The molecule has 0 fully saturated rings. The van der Waals surface area contributed by atoms with E-state index in [0.717, 1.165) is 18.4 Å². The van der Waals surface area contributed by atoms with E-state index in [1.54, 1.807) is 11.3 Å². The minimum Gasteiger partial charge on any atom is -0.192 e. The lowest BCUT2D eigenvalue weighted by atomic mass is 10.2. The number of thiophene rings is 1. The molecule has 10 heavy (non-hydrogen) atoms. The van der Waals surface area contributed by atoms with Gasteiger partial charge in [0.25, 0.3) is 0 Å². The van der Waals surface area contributed by atoms with Crippen LogP contribution in [0.2, 0.25) is 0 Å². The molecule has 2 heteroatoms. The molecule has 0 aliphatic rings. The molecule has 0 N–H and O–H groups in total. The monoisotopic (exact) mass is 151 g/mol. The van der Waals surface area contributed by atoms with Gasteiger partial charge >= 0.3 is 0 Å². The van der Waals surface area contributed by atoms with Crippen LogP contribution in [0.25, 0.3) is 0 Å². The van der Waals surface area contributed by atoms with E-state index in [9.17, 15) is 0 Å². The smallest absolute Gasteiger partial charge is 0.100 e. The maximum absolute atomic E-state index is 8.59. The standard InChI is InChI=1S/C8H9NS/c1-2-3-8-7(6-9)4-5-10-8/h4-5H,2-3H2,1H3. The van der Waals surface area contributed by atoms with Gasteiger partial charge in [-0.05, 0) is 17.9 Å². The molecule has 1 aromatic heterocycles. The van der Waals surface area contributed by atoms with Crippen LogP contribution in [0.1, 0.15) is 23.8 Å². The lowest BCUT2D eigenvalue weighted by Crippen LogP contribution is -1.79. The number of rotatable bonds is 2. The van der Waals surface area contributed by atoms with E-state index in [2.05, 4.69) is 13.0 Å². The zero-order valence-corrected chi connectivity index (χ0v) is 6.74. The molecule has 52 valence electrons. The fraction of sp³-hybridized carbons (Fsp3) is 0.375. The zero-order chi connectivity index (χ0) is 7.40. The van der Waals surface area contributed by atoms with Gasteiger partial charge in [0.2, 0.25) is 0 Å². The van der Waals surface area contributed by atoms with Crippen LogP contribution in [-0.4, -0.2) is 0 Å². The number of hydrogen-bond donors (Lipinski definition) is 0. The summed E-state index contributed by atoms with van der Waals surface area (Å²) >= 11 is 1.68. The quantitative estimate of drug-likeness (QED) is 0.637. The average molecular weight is 151 g/mol. The summed E-state index contributed by atoms with van der Waals surface area (Å²) in [6.45, 7) is 2.13. The van der Waals surface area contributed by atoms with Crippen LogP contribution in [0, 0.1) is 11.3 Å². The Hall–Kier alpha value is -0.810. The van der Waals surface area contributed by atoms with Crippen LogP contribution in [0.5, 0.6) is 0 Å². The first-order chi connectivity index (χ1) is 4.88. The van der Waals surface area contributed by atoms with Crippen molar-refractivity contribution in [2.75, 3.05) is 0 Å². The number of hydrogen-bond acceptors (Lipinski definition) is 2. The Morgan fingerprint density at radius 1 is 1.70 bits per heavy atom. The predicted octanol–water partition coefficient (Wildman–Crippen LogP) is 2.57. The average Bonchev–Trinajstić information content (AvgIpc) is 2.36. The van der Waals surface area contributed by atoms with Gasteiger partial charge in [-0.2, -0.15) is 5.26 Å². The maximum Gasteiger partial charge on any atom is 0.100 e. The van der Waals surface area contributed by atoms with Crippen molar-refractivity contribution in [1.29, 1.82) is 5.26 Å². The van der Waals surface area contributed by atoms with Gasteiger partial charge in [-0.3, -0.25) is 0 Å². The SMILES string of the molecule is CCCc1sccc1C#N. The highest BCUT2D eigenvalue weighted by atomic mass is 32.1. The van der Waals surface area contributed by atoms with Gasteiger partial charge in [0.05, 0.1) is 5.56 Å². The minimum atomic E-state index is 0.854. The van der Waals surface area contributed by atoms with Gasteiger partial charge in [0, 0.05) is 4.88 Å². The van der Waals surface area contributed by atoms with E-state index in [0.29, 0.717) is 0 Å². The van der Waals surface area contributed by atoms with Gasteiger partial charge in [-0.15, -0.1) is 11.3 Å². The van der Waals surface area contributed by atoms with Crippen LogP contribution < -0.4 is 0 Å². The Kier molecular flexibility index (Phi) is 2.47. The van der Waals surface area contributed by atoms with Crippen LogP contribution in [-0.2, 0) is 6.42 Å². The van der Waals surface area contributed by atoms with Crippen molar-refractivity contribution in [3.63, 3.8) is 0 Å². The fourth-order valence-corrected chi connectivity index (χ4v) is 1.79. The predicted molar refractivity (Wildman–Crippen MR) is 43.0 cm³/mol. The van der Waals surface area contributed by atoms with Gasteiger partial charge in [-0.25, -0.2) is 0 Å². The molecule has 0 unspecified atom stereocenters. The normalized spacial score (nSPS) is 9.20. The van der Waals surface area contributed by atoms with E-state index in [-0.39, 0.29) is 0 Å². The van der Waals surface area contributed by atoms with Crippen molar-refractivity contribution in [1.82, 2.24) is 0 Å². The molecule has 0 radical (unpaired) electrons. The van der Waals surface area contributed by atoms with Crippen molar-refractivity contribution in [2.45, 2.75) is 19.8 Å². The fourth-order valence-electron chi connectivity index (χ4n) is 0.861. The molecule has 0 bridgehead atoms. The summed E-state index contributed by atoms with van der Waals surface area (Å²) < 4.78 is 0. The van der Waals surface area contributed by atoms with Gasteiger partial charge in [0.1, 0.15) is 6.07 Å². The molecular formula is C8H9NS. The first-order valence-electron chi connectivity index (χ1n) is 3.35. The first-order valence-corrected chi connectivity index (χ1v) is 4.23. The van der Waals surface area contributed by atoms with E-state index in [1.807, 2.05) is 11.4 Å². The van der Waals surface area contributed by atoms with Crippen molar-refractivity contribution in [3.05, 3.63) is 21.9 Å². The highest BCUT2D eigenvalue weighted by Crippen LogP contribution is 2.16. The lowest BCUT2D eigenvalue weighted by Gasteiger charge is -1.90. The molecule has 1 nitrogen and oxygen atoms in total. The molecular weight excluding hydrogens is 142 g/mol. The Balaban J connectivity index is 2.82. The van der Waals surface area contributed by atoms with E-state index < -0.39 is 0 Å². The Morgan fingerprint density at radius 2 is 2.50 bits per heavy atom. The number of nitrogens with zero attached hydrogens (tertiary/aromatic N) is 1. The number of nitriles is 1. The van der Waals surface area contributed by atoms with Crippen molar-refractivity contribution in [3.8, 4) is 6.07 Å². The van der Waals surface area contributed by atoms with Crippen LogP contribution in [0.15, 0.2) is 11.4 Å². The summed E-state index contributed by atoms with van der Waals surface area (Å²) in [6, 6.07) is 4.06. The van der Waals surface area contributed by atoms with E-state index in [4.69, 9.17) is 5.26 Å². The Bertz CT molecular complexity index is 244. The minimum absolute atomic E-state index is 0.854. The summed E-state index contributed by atoms with van der Waals surface area (Å²) in [7, 11) is 0. The maximum atomic E-state index is 8.59. The summed E-state index contributed by atoms with van der Waals surface area (Å²) in [5.74, 6) is 0.